The fourth-order valence-electron chi connectivity index (χ4n) is 2.87. The van der Waals surface area contributed by atoms with Crippen molar-refractivity contribution in [2.45, 2.75) is 58.0 Å². The second-order valence-corrected chi connectivity index (χ2v) is 6.43. The van der Waals surface area contributed by atoms with Gasteiger partial charge in [-0.1, -0.05) is 13.8 Å². The van der Waals surface area contributed by atoms with Crippen molar-refractivity contribution in [3.8, 4) is 0 Å². The number of anilines is 1. The van der Waals surface area contributed by atoms with Crippen LogP contribution < -0.4 is 5.32 Å². The van der Waals surface area contributed by atoms with E-state index >= 15 is 0 Å². The summed E-state index contributed by atoms with van der Waals surface area (Å²) in [4.78, 5) is 9.54. The lowest BCUT2D eigenvalue weighted by Crippen LogP contribution is -2.30. The van der Waals surface area contributed by atoms with Crippen LogP contribution in [0.2, 0.25) is 0 Å². The molecule has 1 N–H and O–H groups in total. The molecular weight excluding hydrogens is 318 g/mol. The molecule has 0 aromatic carbocycles. The summed E-state index contributed by atoms with van der Waals surface area (Å²) in [6.07, 6.45) is 4.41. The van der Waals surface area contributed by atoms with Crippen molar-refractivity contribution in [2.75, 3.05) is 19.0 Å². The minimum Gasteiger partial charge on any atom is -0.372 e. The highest BCUT2D eigenvalue weighted by Crippen LogP contribution is 2.42. The van der Waals surface area contributed by atoms with Gasteiger partial charge in [0.05, 0.1) is 10.2 Å². The lowest BCUT2D eigenvalue weighted by atomic mass is 10.00. The second-order valence-electron chi connectivity index (χ2n) is 5.63. The predicted octanol–water partition coefficient (Wildman–Crippen LogP) is 4.21. The third-order valence-corrected chi connectivity index (χ3v) is 4.68. The van der Waals surface area contributed by atoms with E-state index in [9.17, 15) is 0 Å². The van der Waals surface area contributed by atoms with Gasteiger partial charge >= 0.3 is 0 Å². The molecule has 1 aromatic rings. The van der Waals surface area contributed by atoms with Gasteiger partial charge in [0.2, 0.25) is 0 Å². The molecule has 112 valence electrons. The average molecular weight is 342 g/mol. The van der Waals surface area contributed by atoms with E-state index in [1.54, 1.807) is 0 Å². The molecule has 0 spiro atoms. The highest BCUT2D eigenvalue weighted by molar-refractivity contribution is 9.10. The van der Waals surface area contributed by atoms with Crippen LogP contribution in [0.1, 0.15) is 63.9 Å². The predicted molar refractivity (Wildman–Crippen MR) is 85.1 cm³/mol. The van der Waals surface area contributed by atoms with E-state index in [0.29, 0.717) is 12.5 Å². The summed E-state index contributed by atoms with van der Waals surface area (Å²) >= 11 is 3.61. The molecule has 1 saturated carbocycles. The number of rotatable bonds is 5. The molecule has 1 aliphatic carbocycles. The first-order valence-corrected chi connectivity index (χ1v) is 8.23. The fourth-order valence-corrected chi connectivity index (χ4v) is 3.70. The summed E-state index contributed by atoms with van der Waals surface area (Å²) in [7, 11) is 1.89. The molecule has 1 fully saturated rings. The molecule has 20 heavy (non-hydrogen) atoms. The zero-order valence-electron chi connectivity index (χ0n) is 12.8. The van der Waals surface area contributed by atoms with Crippen LogP contribution in [0.3, 0.4) is 0 Å². The van der Waals surface area contributed by atoms with E-state index in [-0.39, 0.29) is 5.60 Å². The number of nitrogens with zero attached hydrogens (tertiary/aromatic N) is 2. The molecule has 0 unspecified atom stereocenters. The maximum atomic E-state index is 6.08. The second kappa shape index (κ2) is 6.39. The lowest BCUT2D eigenvalue weighted by Gasteiger charge is -2.28. The van der Waals surface area contributed by atoms with Crippen LogP contribution in [0.4, 0.5) is 5.82 Å². The molecule has 0 bridgehead atoms. The zero-order valence-corrected chi connectivity index (χ0v) is 14.4. The molecule has 4 nitrogen and oxygen atoms in total. The first kappa shape index (κ1) is 15.7. The van der Waals surface area contributed by atoms with Crippen molar-refractivity contribution >= 4 is 21.7 Å². The minimum absolute atomic E-state index is 0.287. The number of nitrogens with one attached hydrogen (secondary N) is 1. The summed E-state index contributed by atoms with van der Waals surface area (Å²) in [5, 5.41) is 3.16. The van der Waals surface area contributed by atoms with E-state index in [1.165, 1.54) is 12.8 Å². The van der Waals surface area contributed by atoms with Crippen molar-refractivity contribution in [3.05, 3.63) is 16.0 Å². The first-order chi connectivity index (χ1) is 9.54. The van der Waals surface area contributed by atoms with Gasteiger partial charge < -0.3 is 10.1 Å². The Labute approximate surface area is 129 Å². The Bertz CT molecular complexity index is 470. The molecule has 0 amide bonds. The lowest BCUT2D eigenvalue weighted by molar-refractivity contribution is -0.0457. The molecule has 1 aliphatic rings. The molecule has 0 radical (unpaired) electrons. The smallest absolute Gasteiger partial charge is 0.162 e. The Morgan fingerprint density at radius 1 is 1.30 bits per heavy atom. The van der Waals surface area contributed by atoms with Crippen LogP contribution in [-0.2, 0) is 10.3 Å². The number of aromatic nitrogens is 2. The molecule has 1 aromatic heterocycles. The first-order valence-electron chi connectivity index (χ1n) is 7.43. The van der Waals surface area contributed by atoms with Gasteiger partial charge in [-0.25, -0.2) is 9.97 Å². The highest BCUT2D eigenvalue weighted by Gasteiger charge is 2.40. The maximum absolute atomic E-state index is 6.08. The van der Waals surface area contributed by atoms with Crippen LogP contribution in [0.25, 0.3) is 0 Å². The largest absolute Gasteiger partial charge is 0.372 e. The van der Waals surface area contributed by atoms with Crippen molar-refractivity contribution in [3.63, 3.8) is 0 Å². The molecular formula is C15H24BrN3O. The topological polar surface area (TPSA) is 47.0 Å². The number of hydrogen-bond donors (Lipinski definition) is 1. The van der Waals surface area contributed by atoms with Gasteiger partial charge in [-0.15, -0.1) is 0 Å². The van der Waals surface area contributed by atoms with Crippen molar-refractivity contribution in [1.29, 1.82) is 0 Å². The quantitative estimate of drug-likeness (QED) is 0.871. The van der Waals surface area contributed by atoms with Gasteiger partial charge in [0, 0.05) is 13.7 Å². The summed E-state index contributed by atoms with van der Waals surface area (Å²) in [5.41, 5.74) is 0.760. The molecule has 0 aliphatic heterocycles. The Balaban J connectivity index is 2.52. The van der Waals surface area contributed by atoms with Gasteiger partial charge in [0.25, 0.3) is 0 Å². The van der Waals surface area contributed by atoms with Gasteiger partial charge in [0.1, 0.15) is 11.4 Å². The molecule has 1 heterocycles. The van der Waals surface area contributed by atoms with Crippen LogP contribution in [0.15, 0.2) is 4.47 Å². The SMILES string of the molecule is CCOC1(c2nc(NC)c(Br)c(C(C)C)n2)CCCC1. The Hall–Kier alpha value is -0.680. The standard InChI is InChI=1S/C15H24BrN3O/c1-5-20-15(8-6-7-9-15)14-18-12(10(2)3)11(16)13(17-4)19-14/h10H,5-9H2,1-4H3,(H,17,18,19). The van der Waals surface area contributed by atoms with E-state index in [2.05, 4.69) is 35.1 Å². The summed E-state index contributed by atoms with van der Waals surface area (Å²) < 4.78 is 7.04. The van der Waals surface area contributed by atoms with Gasteiger partial charge in [-0.2, -0.15) is 0 Å². The van der Waals surface area contributed by atoms with Crippen LogP contribution >= 0.6 is 15.9 Å². The van der Waals surface area contributed by atoms with E-state index < -0.39 is 0 Å². The highest BCUT2D eigenvalue weighted by atomic mass is 79.9. The summed E-state index contributed by atoms with van der Waals surface area (Å²) in [5.74, 6) is 2.04. The van der Waals surface area contributed by atoms with Gasteiger partial charge in [-0.3, -0.25) is 0 Å². The number of ether oxygens (including phenoxy) is 1. The monoisotopic (exact) mass is 341 g/mol. The Kier molecular flexibility index (Phi) is 5.02. The van der Waals surface area contributed by atoms with Gasteiger partial charge in [0.15, 0.2) is 5.82 Å². The van der Waals surface area contributed by atoms with E-state index in [4.69, 9.17) is 14.7 Å². The van der Waals surface area contributed by atoms with Gasteiger partial charge in [-0.05, 0) is 54.5 Å². The summed E-state index contributed by atoms with van der Waals surface area (Å²) in [6.45, 7) is 7.04. The Morgan fingerprint density at radius 2 is 1.95 bits per heavy atom. The molecule has 0 saturated heterocycles. The zero-order chi connectivity index (χ0) is 14.8. The van der Waals surface area contributed by atoms with Crippen molar-refractivity contribution < 1.29 is 4.74 Å². The third kappa shape index (κ3) is 2.84. The molecule has 0 atom stereocenters. The van der Waals surface area contributed by atoms with Crippen LogP contribution in [0, 0.1) is 0 Å². The maximum Gasteiger partial charge on any atom is 0.162 e. The fraction of sp³-hybridized carbons (Fsp3) is 0.733. The third-order valence-electron chi connectivity index (χ3n) is 3.90. The van der Waals surface area contributed by atoms with E-state index in [1.807, 2.05) is 14.0 Å². The molecule has 5 heteroatoms. The number of halogens is 1. The van der Waals surface area contributed by atoms with Crippen molar-refractivity contribution in [1.82, 2.24) is 9.97 Å². The number of hydrogen-bond acceptors (Lipinski definition) is 4. The molecule has 2 rings (SSSR count). The Morgan fingerprint density at radius 3 is 2.45 bits per heavy atom. The average Bonchev–Trinajstić information content (AvgIpc) is 2.88. The van der Waals surface area contributed by atoms with E-state index in [0.717, 1.165) is 34.7 Å². The normalized spacial score (nSPS) is 17.7. The summed E-state index contributed by atoms with van der Waals surface area (Å²) in [6, 6.07) is 0. The minimum atomic E-state index is -0.287. The van der Waals surface area contributed by atoms with Crippen LogP contribution in [0.5, 0.6) is 0 Å². The van der Waals surface area contributed by atoms with Crippen molar-refractivity contribution in [2.24, 2.45) is 0 Å². The van der Waals surface area contributed by atoms with Crippen LogP contribution in [-0.4, -0.2) is 23.6 Å².